The van der Waals surface area contributed by atoms with Crippen LogP contribution in [0, 0.1) is 5.92 Å². The van der Waals surface area contributed by atoms with Gasteiger partial charge in [-0.2, -0.15) is 4.98 Å². The highest BCUT2D eigenvalue weighted by Crippen LogP contribution is 2.29. The second kappa shape index (κ2) is 6.50. The molecule has 1 aromatic heterocycles. The van der Waals surface area contributed by atoms with E-state index in [1.165, 1.54) is 12.8 Å². The predicted molar refractivity (Wildman–Crippen MR) is 88.4 cm³/mol. The Bertz CT molecular complexity index is 533. The standard InChI is InChI=1S/C16H25N5O/c1-20(2)14-13(18-15(22)12-7-3-4-8-12)11-17-16(19-14)21-9-5-6-10-21/h11-12H,3-10H2,1-2H3,(H,18,22). The van der Waals surface area contributed by atoms with Crippen molar-refractivity contribution >= 4 is 23.4 Å². The number of nitrogens with zero attached hydrogens (tertiary/aromatic N) is 4. The molecule has 0 spiro atoms. The summed E-state index contributed by atoms with van der Waals surface area (Å²) in [5.74, 6) is 1.80. The van der Waals surface area contributed by atoms with E-state index < -0.39 is 0 Å². The summed E-state index contributed by atoms with van der Waals surface area (Å²) in [4.78, 5) is 25.6. The third-order valence-corrected chi connectivity index (χ3v) is 4.55. The first kappa shape index (κ1) is 15.1. The van der Waals surface area contributed by atoms with Gasteiger partial charge in [-0.05, 0) is 25.7 Å². The molecule has 3 rings (SSSR count). The van der Waals surface area contributed by atoms with Gasteiger partial charge in [-0.15, -0.1) is 0 Å². The van der Waals surface area contributed by atoms with Gasteiger partial charge in [-0.1, -0.05) is 12.8 Å². The van der Waals surface area contributed by atoms with Crippen LogP contribution in [0.15, 0.2) is 6.20 Å². The lowest BCUT2D eigenvalue weighted by atomic mass is 10.1. The van der Waals surface area contributed by atoms with E-state index in [1.807, 2.05) is 19.0 Å². The van der Waals surface area contributed by atoms with Crippen LogP contribution in [0.1, 0.15) is 38.5 Å². The highest BCUT2D eigenvalue weighted by atomic mass is 16.1. The molecule has 0 bridgehead atoms. The molecule has 1 saturated heterocycles. The SMILES string of the molecule is CN(C)c1nc(N2CCCC2)ncc1NC(=O)C1CCCC1. The average molecular weight is 303 g/mol. The third kappa shape index (κ3) is 3.15. The molecule has 1 amide bonds. The largest absolute Gasteiger partial charge is 0.361 e. The van der Waals surface area contributed by atoms with Crippen LogP contribution in [0.2, 0.25) is 0 Å². The number of nitrogens with one attached hydrogen (secondary N) is 1. The third-order valence-electron chi connectivity index (χ3n) is 4.55. The van der Waals surface area contributed by atoms with Crippen molar-refractivity contribution in [3.05, 3.63) is 6.20 Å². The number of amides is 1. The highest BCUT2D eigenvalue weighted by Gasteiger charge is 2.24. The summed E-state index contributed by atoms with van der Waals surface area (Å²) >= 11 is 0. The van der Waals surface area contributed by atoms with Crippen LogP contribution >= 0.6 is 0 Å². The summed E-state index contributed by atoms with van der Waals surface area (Å²) in [6.45, 7) is 2.03. The quantitative estimate of drug-likeness (QED) is 0.924. The van der Waals surface area contributed by atoms with Gasteiger partial charge in [-0.25, -0.2) is 4.98 Å². The van der Waals surface area contributed by atoms with Crippen molar-refractivity contribution in [1.29, 1.82) is 0 Å². The molecule has 22 heavy (non-hydrogen) atoms. The number of carbonyl (C=O) groups excluding carboxylic acids is 1. The second-order valence-corrected chi connectivity index (χ2v) is 6.47. The fourth-order valence-electron chi connectivity index (χ4n) is 3.29. The Labute approximate surface area is 131 Å². The van der Waals surface area contributed by atoms with Gasteiger partial charge in [-0.3, -0.25) is 4.79 Å². The Morgan fingerprint density at radius 1 is 1.23 bits per heavy atom. The van der Waals surface area contributed by atoms with E-state index in [9.17, 15) is 4.79 Å². The first-order valence-corrected chi connectivity index (χ1v) is 8.25. The van der Waals surface area contributed by atoms with Gasteiger partial charge in [0.25, 0.3) is 0 Å². The first-order valence-electron chi connectivity index (χ1n) is 8.25. The molecule has 2 aliphatic rings. The zero-order valence-corrected chi connectivity index (χ0v) is 13.5. The van der Waals surface area contributed by atoms with Gasteiger partial charge in [0.15, 0.2) is 5.82 Å². The molecule has 0 radical (unpaired) electrons. The molecule has 1 aliphatic carbocycles. The summed E-state index contributed by atoms with van der Waals surface area (Å²) in [6, 6.07) is 0. The number of hydrogen-bond donors (Lipinski definition) is 1. The fourth-order valence-corrected chi connectivity index (χ4v) is 3.29. The Morgan fingerprint density at radius 3 is 2.55 bits per heavy atom. The maximum atomic E-state index is 12.3. The molecule has 0 aromatic carbocycles. The minimum Gasteiger partial charge on any atom is -0.361 e. The lowest BCUT2D eigenvalue weighted by Gasteiger charge is -2.21. The molecule has 0 atom stereocenters. The Hall–Kier alpha value is -1.85. The molecule has 2 fully saturated rings. The zero-order chi connectivity index (χ0) is 15.5. The van der Waals surface area contributed by atoms with Crippen molar-refractivity contribution in [3.63, 3.8) is 0 Å². The van der Waals surface area contributed by atoms with Crippen molar-refractivity contribution in [1.82, 2.24) is 9.97 Å². The van der Waals surface area contributed by atoms with E-state index >= 15 is 0 Å². The molecule has 6 nitrogen and oxygen atoms in total. The van der Waals surface area contributed by atoms with E-state index in [1.54, 1.807) is 6.20 Å². The summed E-state index contributed by atoms with van der Waals surface area (Å²) < 4.78 is 0. The van der Waals surface area contributed by atoms with E-state index in [0.717, 1.165) is 50.5 Å². The van der Waals surface area contributed by atoms with Crippen molar-refractivity contribution in [2.24, 2.45) is 5.92 Å². The van der Waals surface area contributed by atoms with E-state index in [4.69, 9.17) is 0 Å². The molecular weight excluding hydrogens is 278 g/mol. The van der Waals surface area contributed by atoms with Crippen molar-refractivity contribution in [2.75, 3.05) is 42.3 Å². The molecule has 2 heterocycles. The van der Waals surface area contributed by atoms with E-state index in [2.05, 4.69) is 20.2 Å². The summed E-state index contributed by atoms with van der Waals surface area (Å²) in [5, 5.41) is 3.03. The van der Waals surface area contributed by atoms with E-state index in [-0.39, 0.29) is 11.8 Å². The maximum absolute atomic E-state index is 12.3. The van der Waals surface area contributed by atoms with Gasteiger partial charge in [0.1, 0.15) is 5.69 Å². The maximum Gasteiger partial charge on any atom is 0.227 e. The van der Waals surface area contributed by atoms with Gasteiger partial charge in [0, 0.05) is 33.1 Å². The number of anilines is 3. The molecule has 6 heteroatoms. The summed E-state index contributed by atoms with van der Waals surface area (Å²) in [6.07, 6.45) is 8.45. The number of rotatable bonds is 4. The number of aromatic nitrogens is 2. The Kier molecular flexibility index (Phi) is 4.45. The Morgan fingerprint density at radius 2 is 1.91 bits per heavy atom. The molecule has 1 aromatic rings. The fraction of sp³-hybridized carbons (Fsp3) is 0.688. The van der Waals surface area contributed by atoms with Crippen LogP contribution in [-0.2, 0) is 4.79 Å². The second-order valence-electron chi connectivity index (χ2n) is 6.47. The number of carbonyl (C=O) groups is 1. The van der Waals surface area contributed by atoms with Crippen LogP contribution in [0.5, 0.6) is 0 Å². The van der Waals surface area contributed by atoms with Crippen LogP contribution in [0.25, 0.3) is 0 Å². The van der Waals surface area contributed by atoms with Crippen molar-refractivity contribution < 1.29 is 4.79 Å². The number of hydrogen-bond acceptors (Lipinski definition) is 5. The van der Waals surface area contributed by atoms with Crippen LogP contribution in [0.4, 0.5) is 17.5 Å². The molecule has 1 saturated carbocycles. The van der Waals surface area contributed by atoms with E-state index in [0.29, 0.717) is 5.69 Å². The molecule has 120 valence electrons. The lowest BCUT2D eigenvalue weighted by molar-refractivity contribution is -0.119. The average Bonchev–Trinajstić information content (AvgIpc) is 3.21. The topological polar surface area (TPSA) is 61.4 Å². The van der Waals surface area contributed by atoms with Crippen molar-refractivity contribution in [3.8, 4) is 0 Å². The zero-order valence-electron chi connectivity index (χ0n) is 13.5. The molecule has 0 unspecified atom stereocenters. The molecular formula is C16H25N5O. The minimum absolute atomic E-state index is 0.109. The van der Waals surface area contributed by atoms with Crippen LogP contribution in [0.3, 0.4) is 0 Å². The monoisotopic (exact) mass is 303 g/mol. The van der Waals surface area contributed by atoms with Gasteiger partial charge in [0.2, 0.25) is 11.9 Å². The smallest absolute Gasteiger partial charge is 0.227 e. The normalized spacial score (nSPS) is 18.7. The van der Waals surface area contributed by atoms with Gasteiger partial charge >= 0.3 is 0 Å². The predicted octanol–water partition coefficient (Wildman–Crippen LogP) is 2.27. The van der Waals surface area contributed by atoms with Gasteiger partial charge < -0.3 is 15.1 Å². The Balaban J connectivity index is 1.78. The van der Waals surface area contributed by atoms with Gasteiger partial charge in [0.05, 0.1) is 6.20 Å². The summed E-state index contributed by atoms with van der Waals surface area (Å²) in [5.41, 5.74) is 0.713. The molecule has 1 aliphatic heterocycles. The highest BCUT2D eigenvalue weighted by molar-refractivity contribution is 5.95. The first-order chi connectivity index (χ1) is 10.6. The van der Waals surface area contributed by atoms with Crippen LogP contribution in [-0.4, -0.2) is 43.1 Å². The summed E-state index contributed by atoms with van der Waals surface area (Å²) in [7, 11) is 3.89. The lowest BCUT2D eigenvalue weighted by Crippen LogP contribution is -2.25. The molecule has 1 N–H and O–H groups in total. The van der Waals surface area contributed by atoms with Crippen LogP contribution < -0.4 is 15.1 Å². The minimum atomic E-state index is 0.109. The van der Waals surface area contributed by atoms with Crippen molar-refractivity contribution in [2.45, 2.75) is 38.5 Å².